The predicted molar refractivity (Wildman–Crippen MR) is 82.5 cm³/mol. The second kappa shape index (κ2) is 7.65. The van der Waals surface area contributed by atoms with Gasteiger partial charge in [-0.05, 0) is 51.8 Å². The minimum absolute atomic E-state index is 0.290. The molecule has 1 aliphatic heterocycles. The van der Waals surface area contributed by atoms with E-state index in [0.717, 1.165) is 44.7 Å². The third-order valence-electron chi connectivity index (χ3n) is 3.53. The Morgan fingerprint density at radius 3 is 3.00 bits per heavy atom. The highest BCUT2D eigenvalue weighted by molar-refractivity contribution is 5.40. The van der Waals surface area contributed by atoms with Gasteiger partial charge in [-0.1, -0.05) is 17.7 Å². The highest BCUT2D eigenvalue weighted by Gasteiger charge is 2.21. The molecule has 3 heteroatoms. The maximum absolute atomic E-state index is 5.93. The monoisotopic (exact) mass is 277 g/mol. The van der Waals surface area contributed by atoms with E-state index in [1.165, 1.54) is 11.1 Å². The lowest BCUT2D eigenvalue weighted by molar-refractivity contribution is 0.0759. The van der Waals surface area contributed by atoms with Crippen LogP contribution in [-0.4, -0.2) is 31.9 Å². The molecule has 0 saturated carbocycles. The van der Waals surface area contributed by atoms with Gasteiger partial charge < -0.3 is 14.8 Å². The molecule has 0 aliphatic carbocycles. The first kappa shape index (κ1) is 15.3. The van der Waals surface area contributed by atoms with Gasteiger partial charge in [-0.15, -0.1) is 0 Å². The Morgan fingerprint density at radius 2 is 2.20 bits per heavy atom. The Labute approximate surface area is 122 Å². The first-order chi connectivity index (χ1) is 9.65. The van der Waals surface area contributed by atoms with Crippen LogP contribution in [0.3, 0.4) is 0 Å². The topological polar surface area (TPSA) is 30.5 Å². The molecule has 1 aromatic carbocycles. The van der Waals surface area contributed by atoms with Gasteiger partial charge in [0.2, 0.25) is 0 Å². The van der Waals surface area contributed by atoms with Crippen LogP contribution in [0, 0.1) is 6.92 Å². The average Bonchev–Trinajstić information content (AvgIpc) is 2.79. The molecule has 0 fully saturated rings. The van der Waals surface area contributed by atoms with E-state index in [2.05, 4.69) is 44.3 Å². The second-order valence-electron chi connectivity index (χ2n) is 5.89. The van der Waals surface area contributed by atoms with Crippen molar-refractivity contribution >= 4 is 0 Å². The van der Waals surface area contributed by atoms with Crippen molar-refractivity contribution in [2.24, 2.45) is 0 Å². The fourth-order valence-electron chi connectivity index (χ4n) is 2.50. The number of ether oxygens (including phenoxy) is 2. The normalized spacial score (nSPS) is 17.3. The molecule has 20 heavy (non-hydrogen) atoms. The third kappa shape index (κ3) is 4.80. The molecule has 3 nitrogen and oxygen atoms in total. The fourth-order valence-corrected chi connectivity index (χ4v) is 2.50. The number of benzene rings is 1. The van der Waals surface area contributed by atoms with Crippen LogP contribution in [0.25, 0.3) is 0 Å². The Morgan fingerprint density at radius 1 is 1.35 bits per heavy atom. The number of nitrogens with one attached hydrogen (secondary N) is 1. The zero-order valence-electron chi connectivity index (χ0n) is 12.9. The van der Waals surface area contributed by atoms with Crippen LogP contribution in [0.1, 0.15) is 37.8 Å². The summed E-state index contributed by atoms with van der Waals surface area (Å²) in [6, 6.07) is 6.44. The summed E-state index contributed by atoms with van der Waals surface area (Å²) in [6.45, 7) is 9.12. The lowest BCUT2D eigenvalue weighted by Gasteiger charge is -2.12. The molecule has 1 aromatic rings. The number of hydrogen-bond donors (Lipinski definition) is 1. The summed E-state index contributed by atoms with van der Waals surface area (Å²) in [4.78, 5) is 0. The molecule has 0 aromatic heterocycles. The van der Waals surface area contributed by atoms with Gasteiger partial charge in [0.05, 0.1) is 6.10 Å². The van der Waals surface area contributed by atoms with Gasteiger partial charge in [-0.2, -0.15) is 0 Å². The zero-order chi connectivity index (χ0) is 14.4. The van der Waals surface area contributed by atoms with Crippen molar-refractivity contribution in [1.82, 2.24) is 5.32 Å². The van der Waals surface area contributed by atoms with Crippen molar-refractivity contribution in [2.75, 3.05) is 19.7 Å². The van der Waals surface area contributed by atoms with Crippen molar-refractivity contribution in [3.63, 3.8) is 0 Å². The van der Waals surface area contributed by atoms with Crippen LogP contribution in [0.2, 0.25) is 0 Å². The number of hydrogen-bond acceptors (Lipinski definition) is 3. The van der Waals surface area contributed by atoms with Crippen LogP contribution in [-0.2, 0) is 11.2 Å². The highest BCUT2D eigenvalue weighted by Crippen LogP contribution is 2.29. The molecular formula is C17H27NO2. The van der Waals surface area contributed by atoms with E-state index < -0.39 is 0 Å². The first-order valence-electron chi connectivity index (χ1n) is 7.73. The summed E-state index contributed by atoms with van der Waals surface area (Å²) in [5.41, 5.74) is 2.66. The van der Waals surface area contributed by atoms with Crippen LogP contribution >= 0.6 is 0 Å². The number of fused-ring (bicyclic) bond motifs is 1. The largest absolute Gasteiger partial charge is 0.488 e. The molecule has 0 bridgehead atoms. The molecule has 0 radical (unpaired) electrons. The quantitative estimate of drug-likeness (QED) is 0.741. The van der Waals surface area contributed by atoms with Crippen molar-refractivity contribution in [3.05, 3.63) is 29.3 Å². The van der Waals surface area contributed by atoms with Crippen LogP contribution < -0.4 is 10.1 Å². The van der Waals surface area contributed by atoms with E-state index in [0.29, 0.717) is 12.2 Å². The molecule has 1 N–H and O–H groups in total. The highest BCUT2D eigenvalue weighted by atomic mass is 16.5. The smallest absolute Gasteiger partial charge is 0.123 e. The minimum Gasteiger partial charge on any atom is -0.488 e. The van der Waals surface area contributed by atoms with E-state index in [9.17, 15) is 0 Å². The van der Waals surface area contributed by atoms with E-state index in [4.69, 9.17) is 9.47 Å². The van der Waals surface area contributed by atoms with E-state index in [1.807, 2.05) is 0 Å². The van der Waals surface area contributed by atoms with Gasteiger partial charge in [-0.3, -0.25) is 0 Å². The lowest BCUT2D eigenvalue weighted by Crippen LogP contribution is -2.30. The van der Waals surface area contributed by atoms with Gasteiger partial charge in [0.1, 0.15) is 11.9 Å². The summed E-state index contributed by atoms with van der Waals surface area (Å²) in [5, 5.41) is 3.48. The minimum atomic E-state index is 0.290. The molecule has 1 aliphatic rings. The van der Waals surface area contributed by atoms with Crippen LogP contribution in [0.15, 0.2) is 18.2 Å². The summed E-state index contributed by atoms with van der Waals surface area (Å²) >= 11 is 0. The van der Waals surface area contributed by atoms with Gasteiger partial charge >= 0.3 is 0 Å². The summed E-state index contributed by atoms with van der Waals surface area (Å²) < 4.78 is 11.5. The predicted octanol–water partition coefficient (Wildman–Crippen LogP) is 3.09. The van der Waals surface area contributed by atoms with Crippen molar-refractivity contribution < 1.29 is 9.47 Å². The van der Waals surface area contributed by atoms with Gasteiger partial charge in [0.15, 0.2) is 0 Å². The van der Waals surface area contributed by atoms with Crippen molar-refractivity contribution in [3.8, 4) is 5.75 Å². The van der Waals surface area contributed by atoms with Gasteiger partial charge in [0.25, 0.3) is 0 Å². The van der Waals surface area contributed by atoms with E-state index >= 15 is 0 Å². The van der Waals surface area contributed by atoms with Crippen molar-refractivity contribution in [1.29, 1.82) is 0 Å². The number of unbranched alkanes of at least 4 members (excludes halogenated alkanes) is 1. The molecule has 0 saturated heterocycles. The molecule has 0 spiro atoms. The molecule has 1 heterocycles. The van der Waals surface area contributed by atoms with Crippen LogP contribution in [0.4, 0.5) is 0 Å². The van der Waals surface area contributed by atoms with Gasteiger partial charge in [-0.25, -0.2) is 0 Å². The zero-order valence-corrected chi connectivity index (χ0v) is 12.9. The van der Waals surface area contributed by atoms with E-state index in [-0.39, 0.29) is 0 Å². The second-order valence-corrected chi connectivity index (χ2v) is 5.89. The molecule has 1 atom stereocenters. The summed E-state index contributed by atoms with van der Waals surface area (Å²) in [7, 11) is 0. The SMILES string of the molecule is Cc1ccc2c(c1)CC(CNCCCCOC(C)C)O2. The summed E-state index contributed by atoms with van der Waals surface area (Å²) in [6.07, 6.45) is 3.94. The molecular weight excluding hydrogens is 250 g/mol. The Hall–Kier alpha value is -1.06. The fraction of sp³-hybridized carbons (Fsp3) is 0.647. The average molecular weight is 277 g/mol. The number of aryl methyl sites for hydroxylation is 1. The maximum Gasteiger partial charge on any atom is 0.123 e. The third-order valence-corrected chi connectivity index (χ3v) is 3.53. The Kier molecular flexibility index (Phi) is 5.86. The molecule has 2 rings (SSSR count). The lowest BCUT2D eigenvalue weighted by atomic mass is 10.1. The first-order valence-corrected chi connectivity index (χ1v) is 7.73. The standard InChI is InChI=1S/C17H27NO2/c1-13(2)19-9-5-4-8-18-12-16-11-15-10-14(3)6-7-17(15)20-16/h6-7,10,13,16,18H,4-5,8-9,11-12H2,1-3H3. The van der Waals surface area contributed by atoms with E-state index in [1.54, 1.807) is 0 Å². The molecule has 1 unspecified atom stereocenters. The Balaban J connectivity index is 1.56. The van der Waals surface area contributed by atoms with Crippen LogP contribution in [0.5, 0.6) is 5.75 Å². The Bertz CT molecular complexity index is 417. The maximum atomic E-state index is 5.93. The molecule has 112 valence electrons. The summed E-state index contributed by atoms with van der Waals surface area (Å²) in [5.74, 6) is 1.06. The van der Waals surface area contributed by atoms with Gasteiger partial charge in [0, 0.05) is 19.6 Å². The number of rotatable bonds is 8. The molecule has 0 amide bonds. The van der Waals surface area contributed by atoms with Crippen molar-refractivity contribution in [2.45, 2.75) is 52.2 Å².